The maximum Gasteiger partial charge on any atom is 0.255 e. The number of nitrogens with zero attached hydrogens (tertiary/aromatic N) is 3. The van der Waals surface area contributed by atoms with Crippen molar-refractivity contribution in [1.82, 2.24) is 9.88 Å². The SMILES string of the molecule is O=C(c1cccnc1)N1CCN(c2cccc(Cl)c2Cl)CC1. The lowest BCUT2D eigenvalue weighted by atomic mass is 10.2. The van der Waals surface area contributed by atoms with Gasteiger partial charge in [0.25, 0.3) is 5.91 Å². The Morgan fingerprint density at radius 1 is 1.05 bits per heavy atom. The first-order valence-electron chi connectivity index (χ1n) is 7.05. The Kier molecular flexibility index (Phi) is 4.50. The minimum absolute atomic E-state index is 0.0185. The number of amides is 1. The van der Waals surface area contributed by atoms with Gasteiger partial charge in [-0.15, -0.1) is 0 Å². The molecular weight excluding hydrogens is 321 g/mol. The summed E-state index contributed by atoms with van der Waals surface area (Å²) in [6.45, 7) is 2.76. The molecule has 22 heavy (non-hydrogen) atoms. The van der Waals surface area contributed by atoms with Crippen molar-refractivity contribution in [3.05, 3.63) is 58.3 Å². The third-order valence-electron chi connectivity index (χ3n) is 3.75. The number of carbonyl (C=O) groups excluding carboxylic acids is 1. The van der Waals surface area contributed by atoms with Gasteiger partial charge in [-0.3, -0.25) is 9.78 Å². The average molecular weight is 336 g/mol. The van der Waals surface area contributed by atoms with Crippen LogP contribution in [-0.2, 0) is 0 Å². The van der Waals surface area contributed by atoms with E-state index in [2.05, 4.69) is 9.88 Å². The molecule has 2 heterocycles. The summed E-state index contributed by atoms with van der Waals surface area (Å²) in [6, 6.07) is 9.17. The third kappa shape index (κ3) is 3.03. The topological polar surface area (TPSA) is 36.4 Å². The quantitative estimate of drug-likeness (QED) is 0.844. The summed E-state index contributed by atoms with van der Waals surface area (Å²) >= 11 is 12.3. The van der Waals surface area contributed by atoms with Crippen LogP contribution < -0.4 is 4.90 Å². The number of anilines is 1. The first-order chi connectivity index (χ1) is 10.7. The summed E-state index contributed by atoms with van der Waals surface area (Å²) in [5, 5.41) is 1.12. The molecular formula is C16H15Cl2N3O. The molecule has 1 fully saturated rings. The number of piperazine rings is 1. The lowest BCUT2D eigenvalue weighted by Gasteiger charge is -2.36. The Balaban J connectivity index is 1.68. The fraction of sp³-hybridized carbons (Fsp3) is 0.250. The molecule has 0 saturated carbocycles. The van der Waals surface area contributed by atoms with Gasteiger partial charge in [-0.1, -0.05) is 29.3 Å². The van der Waals surface area contributed by atoms with Crippen LogP contribution in [0, 0.1) is 0 Å². The molecule has 0 radical (unpaired) electrons. The number of pyridine rings is 1. The Hall–Kier alpha value is -1.78. The zero-order chi connectivity index (χ0) is 15.5. The highest BCUT2D eigenvalue weighted by atomic mass is 35.5. The van der Waals surface area contributed by atoms with Crippen LogP contribution in [0.2, 0.25) is 10.0 Å². The highest BCUT2D eigenvalue weighted by Gasteiger charge is 2.23. The number of carbonyl (C=O) groups is 1. The summed E-state index contributed by atoms with van der Waals surface area (Å²) < 4.78 is 0. The number of rotatable bonds is 2. The van der Waals surface area contributed by atoms with Crippen LogP contribution in [0.4, 0.5) is 5.69 Å². The van der Waals surface area contributed by atoms with Gasteiger partial charge in [0.05, 0.1) is 21.3 Å². The van der Waals surface area contributed by atoms with Gasteiger partial charge in [-0.05, 0) is 24.3 Å². The number of aromatic nitrogens is 1. The number of hydrogen-bond acceptors (Lipinski definition) is 3. The fourth-order valence-electron chi connectivity index (χ4n) is 2.56. The molecule has 1 aliphatic heterocycles. The molecule has 1 saturated heterocycles. The van der Waals surface area contributed by atoms with E-state index in [-0.39, 0.29) is 5.91 Å². The monoisotopic (exact) mass is 335 g/mol. The van der Waals surface area contributed by atoms with E-state index < -0.39 is 0 Å². The van der Waals surface area contributed by atoms with Gasteiger partial charge >= 0.3 is 0 Å². The molecule has 1 aromatic heterocycles. The molecule has 114 valence electrons. The van der Waals surface area contributed by atoms with Gasteiger partial charge in [-0.2, -0.15) is 0 Å². The number of halogens is 2. The van der Waals surface area contributed by atoms with E-state index in [1.54, 1.807) is 30.6 Å². The van der Waals surface area contributed by atoms with Crippen molar-refractivity contribution in [1.29, 1.82) is 0 Å². The molecule has 0 aliphatic carbocycles. The van der Waals surface area contributed by atoms with Crippen LogP contribution >= 0.6 is 23.2 Å². The van der Waals surface area contributed by atoms with Crippen molar-refractivity contribution in [3.63, 3.8) is 0 Å². The van der Waals surface area contributed by atoms with Gasteiger partial charge < -0.3 is 9.80 Å². The first-order valence-corrected chi connectivity index (χ1v) is 7.80. The molecule has 0 atom stereocenters. The normalized spacial score (nSPS) is 15.0. The zero-order valence-corrected chi connectivity index (χ0v) is 13.4. The van der Waals surface area contributed by atoms with Crippen LogP contribution in [-0.4, -0.2) is 42.0 Å². The Labute approximate surface area is 139 Å². The predicted octanol–water partition coefficient (Wildman–Crippen LogP) is 3.35. The van der Waals surface area contributed by atoms with E-state index in [4.69, 9.17) is 23.2 Å². The van der Waals surface area contributed by atoms with E-state index in [1.165, 1.54) is 0 Å². The van der Waals surface area contributed by atoms with E-state index in [9.17, 15) is 4.79 Å². The molecule has 1 aromatic carbocycles. The second kappa shape index (κ2) is 6.55. The standard InChI is InChI=1S/C16H15Cl2N3O/c17-13-4-1-5-14(15(13)18)20-7-9-21(10-8-20)16(22)12-3-2-6-19-11-12/h1-6,11H,7-10H2. The maximum absolute atomic E-state index is 12.4. The van der Waals surface area contributed by atoms with Crippen LogP contribution in [0.1, 0.15) is 10.4 Å². The largest absolute Gasteiger partial charge is 0.367 e. The fourth-order valence-corrected chi connectivity index (χ4v) is 2.97. The molecule has 6 heteroatoms. The first kappa shape index (κ1) is 15.1. The predicted molar refractivity (Wildman–Crippen MR) is 88.8 cm³/mol. The molecule has 2 aromatic rings. The highest BCUT2D eigenvalue weighted by molar-refractivity contribution is 6.43. The smallest absolute Gasteiger partial charge is 0.255 e. The van der Waals surface area contributed by atoms with E-state index in [1.807, 2.05) is 17.0 Å². The second-order valence-corrected chi connectivity index (χ2v) is 5.88. The zero-order valence-electron chi connectivity index (χ0n) is 11.9. The van der Waals surface area contributed by atoms with Crippen molar-refractivity contribution in [2.45, 2.75) is 0 Å². The van der Waals surface area contributed by atoms with E-state index in [0.29, 0.717) is 28.7 Å². The molecule has 0 N–H and O–H groups in total. The van der Waals surface area contributed by atoms with Gasteiger partial charge in [0.1, 0.15) is 0 Å². The molecule has 0 unspecified atom stereocenters. The lowest BCUT2D eigenvalue weighted by Crippen LogP contribution is -2.48. The van der Waals surface area contributed by atoms with Gasteiger partial charge in [-0.25, -0.2) is 0 Å². The van der Waals surface area contributed by atoms with E-state index in [0.717, 1.165) is 18.8 Å². The molecule has 3 rings (SSSR count). The summed E-state index contributed by atoms with van der Waals surface area (Å²) in [5.41, 5.74) is 1.54. The summed E-state index contributed by atoms with van der Waals surface area (Å²) in [7, 11) is 0. The summed E-state index contributed by atoms with van der Waals surface area (Å²) in [4.78, 5) is 20.4. The van der Waals surface area contributed by atoms with E-state index >= 15 is 0 Å². The van der Waals surface area contributed by atoms with Gasteiger partial charge in [0, 0.05) is 38.6 Å². The summed E-state index contributed by atoms with van der Waals surface area (Å²) in [5.74, 6) is 0.0185. The third-order valence-corrected chi connectivity index (χ3v) is 4.56. The number of hydrogen-bond donors (Lipinski definition) is 0. The van der Waals surface area contributed by atoms with Crippen molar-refractivity contribution in [2.24, 2.45) is 0 Å². The molecule has 1 aliphatic rings. The Bertz CT molecular complexity index is 670. The maximum atomic E-state index is 12.4. The van der Waals surface area contributed by atoms with Crippen molar-refractivity contribution in [3.8, 4) is 0 Å². The average Bonchev–Trinajstić information content (AvgIpc) is 2.58. The lowest BCUT2D eigenvalue weighted by molar-refractivity contribution is 0.0746. The molecule has 1 amide bonds. The van der Waals surface area contributed by atoms with Gasteiger partial charge in [0.15, 0.2) is 0 Å². The van der Waals surface area contributed by atoms with Crippen LogP contribution in [0.15, 0.2) is 42.7 Å². The van der Waals surface area contributed by atoms with Gasteiger partial charge in [0.2, 0.25) is 0 Å². The second-order valence-electron chi connectivity index (χ2n) is 5.09. The van der Waals surface area contributed by atoms with Crippen LogP contribution in [0.5, 0.6) is 0 Å². The molecule has 0 spiro atoms. The van der Waals surface area contributed by atoms with Crippen molar-refractivity contribution in [2.75, 3.05) is 31.1 Å². The van der Waals surface area contributed by atoms with Crippen LogP contribution in [0.25, 0.3) is 0 Å². The molecule has 4 nitrogen and oxygen atoms in total. The van der Waals surface area contributed by atoms with Crippen molar-refractivity contribution >= 4 is 34.8 Å². The Morgan fingerprint density at radius 2 is 1.82 bits per heavy atom. The highest BCUT2D eigenvalue weighted by Crippen LogP contribution is 2.32. The minimum Gasteiger partial charge on any atom is -0.367 e. The molecule has 0 bridgehead atoms. The minimum atomic E-state index is 0.0185. The number of benzene rings is 1. The van der Waals surface area contributed by atoms with Crippen LogP contribution in [0.3, 0.4) is 0 Å². The van der Waals surface area contributed by atoms with Crippen molar-refractivity contribution < 1.29 is 4.79 Å². The Morgan fingerprint density at radius 3 is 2.50 bits per heavy atom. The summed E-state index contributed by atoms with van der Waals surface area (Å²) in [6.07, 6.45) is 3.26.